The van der Waals surface area contributed by atoms with Gasteiger partial charge in [0.2, 0.25) is 5.91 Å². The van der Waals surface area contributed by atoms with Gasteiger partial charge in [0, 0.05) is 5.92 Å². The number of carbonyl (C=O) groups excluding carboxylic acids is 1. The number of hydrogen-bond acceptors (Lipinski definition) is 3. The topological polar surface area (TPSA) is 70.7 Å². The highest BCUT2D eigenvalue weighted by Crippen LogP contribution is 2.30. The molecule has 5 nitrogen and oxygen atoms in total. The maximum absolute atomic E-state index is 12.9. The quantitative estimate of drug-likeness (QED) is 0.771. The molecule has 0 unspecified atom stereocenters. The molecule has 0 aliphatic heterocycles. The third-order valence-corrected chi connectivity index (χ3v) is 3.94. The van der Waals surface area contributed by atoms with Crippen molar-refractivity contribution < 1.29 is 9.18 Å². The summed E-state index contributed by atoms with van der Waals surface area (Å²) >= 11 is 0. The SMILES string of the molecule is O=C(Nc1ccc2[nH]nc(/C=C/c3ccc(F)cc3)c2n1)C1CC1. The number of fused-ring (bicyclic) bond motifs is 1. The number of carbonyl (C=O) groups is 1. The van der Waals surface area contributed by atoms with Crippen molar-refractivity contribution in [2.75, 3.05) is 5.32 Å². The Bertz CT molecular complexity index is 926. The summed E-state index contributed by atoms with van der Waals surface area (Å²) in [7, 11) is 0. The van der Waals surface area contributed by atoms with Crippen molar-refractivity contribution >= 4 is 34.9 Å². The third kappa shape index (κ3) is 3.03. The zero-order chi connectivity index (χ0) is 16.5. The van der Waals surface area contributed by atoms with Crippen LogP contribution in [0, 0.1) is 11.7 Å². The molecule has 120 valence electrons. The van der Waals surface area contributed by atoms with E-state index in [1.807, 2.05) is 18.2 Å². The Morgan fingerprint density at radius 3 is 2.71 bits per heavy atom. The van der Waals surface area contributed by atoms with Gasteiger partial charge in [-0.3, -0.25) is 9.89 Å². The third-order valence-electron chi connectivity index (χ3n) is 3.94. The van der Waals surface area contributed by atoms with Crippen molar-refractivity contribution in [1.82, 2.24) is 15.2 Å². The van der Waals surface area contributed by atoms with E-state index in [0.717, 1.165) is 23.9 Å². The molecule has 0 radical (unpaired) electrons. The number of hydrogen-bond donors (Lipinski definition) is 2. The van der Waals surface area contributed by atoms with Gasteiger partial charge in [0.15, 0.2) is 0 Å². The molecule has 0 spiro atoms. The second kappa shape index (κ2) is 5.88. The Hall–Kier alpha value is -3.02. The zero-order valence-corrected chi connectivity index (χ0v) is 12.8. The molecule has 4 rings (SSSR count). The highest BCUT2D eigenvalue weighted by atomic mass is 19.1. The number of pyridine rings is 1. The number of benzene rings is 1. The molecule has 2 aromatic heterocycles. The van der Waals surface area contributed by atoms with Gasteiger partial charge in [-0.2, -0.15) is 5.10 Å². The average molecular weight is 322 g/mol. The van der Waals surface area contributed by atoms with Crippen molar-refractivity contribution in [3.05, 3.63) is 53.5 Å². The van der Waals surface area contributed by atoms with Crippen LogP contribution in [0.25, 0.3) is 23.2 Å². The second-order valence-corrected chi connectivity index (χ2v) is 5.85. The lowest BCUT2D eigenvalue weighted by atomic mass is 10.2. The highest BCUT2D eigenvalue weighted by molar-refractivity contribution is 5.95. The van der Waals surface area contributed by atoms with Gasteiger partial charge in [0.05, 0.1) is 5.52 Å². The van der Waals surface area contributed by atoms with E-state index in [1.54, 1.807) is 18.2 Å². The van der Waals surface area contributed by atoms with Crippen molar-refractivity contribution in [1.29, 1.82) is 0 Å². The van der Waals surface area contributed by atoms with E-state index in [1.165, 1.54) is 12.1 Å². The normalized spacial score (nSPS) is 14.4. The zero-order valence-electron chi connectivity index (χ0n) is 12.8. The lowest BCUT2D eigenvalue weighted by Gasteiger charge is -2.02. The molecular weight excluding hydrogens is 307 g/mol. The van der Waals surface area contributed by atoms with Crippen molar-refractivity contribution in [3.8, 4) is 0 Å². The lowest BCUT2D eigenvalue weighted by molar-refractivity contribution is -0.117. The first-order valence-corrected chi connectivity index (χ1v) is 7.79. The minimum Gasteiger partial charge on any atom is -0.310 e. The predicted octanol–water partition coefficient (Wildman–Crippen LogP) is 3.62. The molecule has 0 bridgehead atoms. The van der Waals surface area contributed by atoms with Crippen LogP contribution in [0.2, 0.25) is 0 Å². The Kier molecular flexibility index (Phi) is 3.57. The summed E-state index contributed by atoms with van der Waals surface area (Å²) in [6, 6.07) is 9.80. The van der Waals surface area contributed by atoms with Crippen LogP contribution in [0.4, 0.5) is 10.2 Å². The molecule has 1 saturated carbocycles. The van der Waals surface area contributed by atoms with Crippen molar-refractivity contribution in [2.24, 2.45) is 5.92 Å². The molecule has 1 amide bonds. The van der Waals surface area contributed by atoms with Gasteiger partial charge < -0.3 is 5.32 Å². The number of aromatic nitrogens is 3. The number of halogens is 1. The van der Waals surface area contributed by atoms with Gasteiger partial charge >= 0.3 is 0 Å². The molecule has 1 aliphatic rings. The van der Waals surface area contributed by atoms with E-state index in [0.29, 0.717) is 17.0 Å². The van der Waals surface area contributed by atoms with E-state index >= 15 is 0 Å². The molecule has 3 aromatic rings. The molecule has 0 saturated heterocycles. The van der Waals surface area contributed by atoms with E-state index in [9.17, 15) is 9.18 Å². The number of amides is 1. The summed E-state index contributed by atoms with van der Waals surface area (Å²) in [6.45, 7) is 0. The average Bonchev–Trinajstić information content (AvgIpc) is 3.36. The minimum atomic E-state index is -0.268. The predicted molar refractivity (Wildman–Crippen MR) is 90.6 cm³/mol. The monoisotopic (exact) mass is 322 g/mol. The molecule has 1 fully saturated rings. The van der Waals surface area contributed by atoms with Crippen LogP contribution in [0.1, 0.15) is 24.1 Å². The van der Waals surface area contributed by atoms with Crippen LogP contribution in [-0.2, 0) is 4.79 Å². The van der Waals surface area contributed by atoms with E-state index in [4.69, 9.17) is 0 Å². The van der Waals surface area contributed by atoms with Gasteiger partial charge in [-0.1, -0.05) is 18.2 Å². The van der Waals surface area contributed by atoms with Crippen LogP contribution in [-0.4, -0.2) is 21.1 Å². The van der Waals surface area contributed by atoms with Crippen LogP contribution in [0.5, 0.6) is 0 Å². The smallest absolute Gasteiger partial charge is 0.228 e. The molecule has 1 aromatic carbocycles. The summed E-state index contributed by atoms with van der Waals surface area (Å²) in [5.41, 5.74) is 3.00. The fourth-order valence-electron chi connectivity index (χ4n) is 2.43. The maximum Gasteiger partial charge on any atom is 0.228 e. The summed E-state index contributed by atoms with van der Waals surface area (Å²) in [4.78, 5) is 16.3. The van der Waals surface area contributed by atoms with Gasteiger partial charge in [-0.25, -0.2) is 9.37 Å². The molecule has 2 heterocycles. The number of rotatable bonds is 4. The number of H-pyrrole nitrogens is 1. The van der Waals surface area contributed by atoms with E-state index < -0.39 is 0 Å². The Morgan fingerprint density at radius 1 is 1.17 bits per heavy atom. The van der Waals surface area contributed by atoms with Crippen LogP contribution in [0.15, 0.2) is 36.4 Å². The Labute approximate surface area is 137 Å². The fourth-order valence-corrected chi connectivity index (χ4v) is 2.43. The number of aromatic amines is 1. The van der Waals surface area contributed by atoms with Crippen LogP contribution < -0.4 is 5.32 Å². The summed E-state index contributed by atoms with van der Waals surface area (Å²) in [5, 5.41) is 9.98. The molecule has 2 N–H and O–H groups in total. The van der Waals surface area contributed by atoms with Gasteiger partial charge in [-0.05, 0) is 48.7 Å². The fraction of sp³-hybridized carbons (Fsp3) is 0.167. The van der Waals surface area contributed by atoms with Crippen molar-refractivity contribution in [3.63, 3.8) is 0 Å². The molecule has 1 aliphatic carbocycles. The lowest BCUT2D eigenvalue weighted by Crippen LogP contribution is -2.14. The minimum absolute atomic E-state index is 0.0220. The van der Waals surface area contributed by atoms with Crippen LogP contribution in [0.3, 0.4) is 0 Å². The number of anilines is 1. The Balaban J connectivity index is 1.60. The largest absolute Gasteiger partial charge is 0.310 e. The van der Waals surface area contributed by atoms with Gasteiger partial charge in [-0.15, -0.1) is 0 Å². The van der Waals surface area contributed by atoms with Crippen molar-refractivity contribution in [2.45, 2.75) is 12.8 Å². The Morgan fingerprint density at radius 2 is 1.96 bits per heavy atom. The first-order valence-electron chi connectivity index (χ1n) is 7.79. The van der Waals surface area contributed by atoms with Gasteiger partial charge in [0.1, 0.15) is 22.8 Å². The number of nitrogens with one attached hydrogen (secondary N) is 2. The molecule has 0 atom stereocenters. The summed E-state index contributed by atoms with van der Waals surface area (Å²) in [5.74, 6) is 0.408. The van der Waals surface area contributed by atoms with E-state index in [-0.39, 0.29) is 17.6 Å². The number of nitrogens with zero attached hydrogens (tertiary/aromatic N) is 2. The van der Waals surface area contributed by atoms with Crippen LogP contribution >= 0.6 is 0 Å². The first kappa shape index (κ1) is 14.6. The van der Waals surface area contributed by atoms with Gasteiger partial charge in [0.25, 0.3) is 0 Å². The second-order valence-electron chi connectivity index (χ2n) is 5.85. The first-order chi connectivity index (χ1) is 11.7. The molecule has 24 heavy (non-hydrogen) atoms. The molecule has 6 heteroatoms. The maximum atomic E-state index is 12.9. The molecular formula is C18H15FN4O. The summed E-state index contributed by atoms with van der Waals surface area (Å²) in [6.07, 6.45) is 5.55. The standard InChI is InChI=1S/C18H15FN4O/c19-13-6-1-11(2-7-13)3-8-14-17-15(23-22-14)9-10-16(20-17)21-18(24)12-4-5-12/h1-3,6-10,12H,4-5H2,(H,22,23)(H,20,21,24)/b8-3+. The van der Waals surface area contributed by atoms with E-state index in [2.05, 4.69) is 20.5 Å². The summed E-state index contributed by atoms with van der Waals surface area (Å²) < 4.78 is 12.9. The highest BCUT2D eigenvalue weighted by Gasteiger charge is 2.29.